The van der Waals surface area contributed by atoms with Gasteiger partial charge in [0.25, 0.3) is 0 Å². The Morgan fingerprint density at radius 1 is 1.64 bits per heavy atom. The molecule has 0 bridgehead atoms. The maximum atomic E-state index is 11.4. The summed E-state index contributed by atoms with van der Waals surface area (Å²) in [6, 6.07) is 0.0497. The Balaban J connectivity index is 2.61. The molecule has 0 aliphatic carbocycles. The van der Waals surface area contributed by atoms with Crippen molar-refractivity contribution in [3.05, 3.63) is 0 Å². The fourth-order valence-electron chi connectivity index (χ4n) is 1.85. The van der Waals surface area contributed by atoms with Crippen molar-refractivity contribution in [2.75, 3.05) is 13.7 Å². The van der Waals surface area contributed by atoms with Gasteiger partial charge in [-0.3, -0.25) is 4.79 Å². The molecule has 1 unspecified atom stereocenters. The van der Waals surface area contributed by atoms with Gasteiger partial charge in [0.2, 0.25) is 0 Å². The second kappa shape index (κ2) is 4.98. The molecule has 1 aliphatic rings. The Morgan fingerprint density at radius 2 is 2.36 bits per heavy atom. The number of hydrogen-bond acceptors (Lipinski definition) is 3. The first kappa shape index (κ1) is 11.0. The largest absolute Gasteiger partial charge is 0.453 e. The molecule has 4 nitrogen and oxygen atoms in total. The zero-order chi connectivity index (χ0) is 10.6. The minimum atomic E-state index is -0.309. The summed E-state index contributed by atoms with van der Waals surface area (Å²) in [5, 5.41) is 0. The Kier molecular flexibility index (Phi) is 3.92. The average Bonchev–Trinajstić information content (AvgIpc) is 2.17. The van der Waals surface area contributed by atoms with Crippen molar-refractivity contribution in [1.29, 1.82) is 0 Å². The molecule has 1 fully saturated rings. The summed E-state index contributed by atoms with van der Waals surface area (Å²) in [7, 11) is 1.38. The smallest absolute Gasteiger partial charge is 0.409 e. The molecule has 0 aromatic carbocycles. The first-order valence-electron chi connectivity index (χ1n) is 5.05. The summed E-state index contributed by atoms with van der Waals surface area (Å²) < 4.78 is 4.68. The molecule has 4 heteroatoms. The standard InChI is InChI=1S/C10H17NO3/c1-3-4-8-7-9(12)5-6-11(8)10(13)14-2/h8H,3-7H2,1-2H3. The van der Waals surface area contributed by atoms with Crippen molar-refractivity contribution in [2.45, 2.75) is 38.6 Å². The van der Waals surface area contributed by atoms with Gasteiger partial charge in [0, 0.05) is 25.4 Å². The third kappa shape index (κ3) is 2.47. The van der Waals surface area contributed by atoms with Crippen LogP contribution < -0.4 is 0 Å². The van der Waals surface area contributed by atoms with Crippen LogP contribution in [0.25, 0.3) is 0 Å². The number of ether oxygens (including phenoxy) is 1. The van der Waals surface area contributed by atoms with Crippen molar-refractivity contribution < 1.29 is 14.3 Å². The topological polar surface area (TPSA) is 46.6 Å². The van der Waals surface area contributed by atoms with Gasteiger partial charge in [-0.15, -0.1) is 0 Å². The van der Waals surface area contributed by atoms with E-state index in [1.807, 2.05) is 0 Å². The molecule has 0 N–H and O–H groups in total. The van der Waals surface area contributed by atoms with Crippen LogP contribution in [0.1, 0.15) is 32.6 Å². The van der Waals surface area contributed by atoms with Gasteiger partial charge in [0.1, 0.15) is 5.78 Å². The second-order valence-electron chi connectivity index (χ2n) is 3.60. The highest BCUT2D eigenvalue weighted by atomic mass is 16.5. The highest BCUT2D eigenvalue weighted by molar-refractivity contribution is 5.82. The van der Waals surface area contributed by atoms with E-state index in [9.17, 15) is 9.59 Å². The predicted octanol–water partition coefficient (Wildman–Crippen LogP) is 1.59. The van der Waals surface area contributed by atoms with Gasteiger partial charge in [-0.25, -0.2) is 4.79 Å². The van der Waals surface area contributed by atoms with Crippen molar-refractivity contribution in [2.24, 2.45) is 0 Å². The Bertz CT molecular complexity index is 227. The van der Waals surface area contributed by atoms with Crippen LogP contribution in [-0.2, 0) is 9.53 Å². The minimum absolute atomic E-state index is 0.0497. The number of carbonyl (C=O) groups excluding carboxylic acids is 2. The van der Waals surface area contributed by atoms with Crippen LogP contribution in [0.3, 0.4) is 0 Å². The number of ketones is 1. The molecule has 0 spiro atoms. The molecule has 14 heavy (non-hydrogen) atoms. The number of amides is 1. The van der Waals surface area contributed by atoms with Crippen molar-refractivity contribution in [3.8, 4) is 0 Å². The third-order valence-corrected chi connectivity index (χ3v) is 2.57. The molecule has 80 valence electrons. The summed E-state index contributed by atoms with van der Waals surface area (Å²) in [4.78, 5) is 24.2. The van der Waals surface area contributed by atoms with E-state index < -0.39 is 0 Å². The van der Waals surface area contributed by atoms with Gasteiger partial charge in [-0.05, 0) is 6.42 Å². The lowest BCUT2D eigenvalue weighted by Gasteiger charge is -2.33. The summed E-state index contributed by atoms with van der Waals surface area (Å²) in [5.41, 5.74) is 0. The van der Waals surface area contributed by atoms with E-state index in [1.165, 1.54) is 7.11 Å². The van der Waals surface area contributed by atoms with Crippen LogP contribution in [0.4, 0.5) is 4.79 Å². The molecule has 0 saturated carbocycles. The minimum Gasteiger partial charge on any atom is -0.453 e. The second-order valence-corrected chi connectivity index (χ2v) is 3.60. The molecule has 0 radical (unpaired) electrons. The zero-order valence-corrected chi connectivity index (χ0v) is 8.78. The summed E-state index contributed by atoms with van der Waals surface area (Å²) >= 11 is 0. The van der Waals surface area contributed by atoms with E-state index in [-0.39, 0.29) is 17.9 Å². The lowest BCUT2D eigenvalue weighted by molar-refractivity contribution is -0.122. The third-order valence-electron chi connectivity index (χ3n) is 2.57. The molecule has 0 aromatic rings. The van der Waals surface area contributed by atoms with Crippen molar-refractivity contribution in [1.82, 2.24) is 4.90 Å². The van der Waals surface area contributed by atoms with Gasteiger partial charge < -0.3 is 9.64 Å². The van der Waals surface area contributed by atoms with Gasteiger partial charge in [0.15, 0.2) is 0 Å². The average molecular weight is 199 g/mol. The molecule has 1 rings (SSSR count). The molecule has 1 aliphatic heterocycles. The summed E-state index contributed by atoms with van der Waals surface area (Å²) in [6.07, 6.45) is 2.50. The highest BCUT2D eigenvalue weighted by Crippen LogP contribution is 2.19. The Morgan fingerprint density at radius 3 is 2.93 bits per heavy atom. The Labute approximate surface area is 84.2 Å². The number of nitrogens with zero attached hydrogens (tertiary/aromatic N) is 1. The van der Waals surface area contributed by atoms with Gasteiger partial charge in [-0.1, -0.05) is 13.3 Å². The summed E-state index contributed by atoms with van der Waals surface area (Å²) in [6.45, 7) is 2.56. The number of rotatable bonds is 2. The molecule has 1 amide bonds. The molecule has 1 heterocycles. The number of methoxy groups -OCH3 is 1. The first-order chi connectivity index (χ1) is 6.69. The van der Waals surface area contributed by atoms with Crippen LogP contribution in [0.15, 0.2) is 0 Å². The molecule has 0 aromatic heterocycles. The Hall–Kier alpha value is -1.06. The molecule has 1 saturated heterocycles. The molecule has 1 atom stereocenters. The maximum Gasteiger partial charge on any atom is 0.409 e. The van der Waals surface area contributed by atoms with Crippen LogP contribution >= 0.6 is 0 Å². The predicted molar refractivity (Wildman–Crippen MR) is 52.0 cm³/mol. The first-order valence-corrected chi connectivity index (χ1v) is 5.05. The van der Waals surface area contributed by atoms with Gasteiger partial charge in [0.05, 0.1) is 7.11 Å². The molecular weight excluding hydrogens is 182 g/mol. The van der Waals surface area contributed by atoms with E-state index in [1.54, 1.807) is 4.90 Å². The van der Waals surface area contributed by atoms with E-state index in [0.717, 1.165) is 12.8 Å². The quantitative estimate of drug-likeness (QED) is 0.678. The highest BCUT2D eigenvalue weighted by Gasteiger charge is 2.30. The maximum absolute atomic E-state index is 11.4. The van der Waals surface area contributed by atoms with Crippen LogP contribution in [-0.4, -0.2) is 36.5 Å². The van der Waals surface area contributed by atoms with Gasteiger partial charge in [-0.2, -0.15) is 0 Å². The fraction of sp³-hybridized carbons (Fsp3) is 0.800. The lowest BCUT2D eigenvalue weighted by Crippen LogP contribution is -2.46. The van der Waals surface area contributed by atoms with Crippen molar-refractivity contribution >= 4 is 11.9 Å². The number of carbonyl (C=O) groups is 2. The molecular formula is C10H17NO3. The number of piperidine rings is 1. The van der Waals surface area contributed by atoms with Crippen LogP contribution in [0.5, 0.6) is 0 Å². The fourth-order valence-corrected chi connectivity index (χ4v) is 1.85. The number of Topliss-reactive ketones (excluding diaryl/α,β-unsaturated/α-hetero) is 1. The van der Waals surface area contributed by atoms with Crippen LogP contribution in [0.2, 0.25) is 0 Å². The van der Waals surface area contributed by atoms with Crippen molar-refractivity contribution in [3.63, 3.8) is 0 Å². The van der Waals surface area contributed by atoms with Crippen LogP contribution in [0, 0.1) is 0 Å². The SMILES string of the molecule is CCCC1CC(=O)CCN1C(=O)OC. The van der Waals surface area contributed by atoms with E-state index in [0.29, 0.717) is 19.4 Å². The van der Waals surface area contributed by atoms with E-state index in [4.69, 9.17) is 0 Å². The van der Waals surface area contributed by atoms with E-state index >= 15 is 0 Å². The summed E-state index contributed by atoms with van der Waals surface area (Å²) in [5.74, 6) is 0.253. The number of hydrogen-bond donors (Lipinski definition) is 0. The number of likely N-dealkylation sites (tertiary alicyclic amines) is 1. The monoisotopic (exact) mass is 199 g/mol. The van der Waals surface area contributed by atoms with Gasteiger partial charge >= 0.3 is 6.09 Å². The zero-order valence-electron chi connectivity index (χ0n) is 8.78. The lowest BCUT2D eigenvalue weighted by atomic mass is 9.98. The van der Waals surface area contributed by atoms with E-state index in [2.05, 4.69) is 11.7 Å². The normalized spacial score (nSPS) is 22.3.